The summed E-state index contributed by atoms with van der Waals surface area (Å²) < 4.78 is 13.1. The minimum Gasteiger partial charge on any atom is -0.458 e. The zero-order valence-electron chi connectivity index (χ0n) is 62.0. The molecule has 2 aromatic heterocycles. The van der Waals surface area contributed by atoms with Gasteiger partial charge in [0.25, 0.3) is 20.1 Å². The van der Waals surface area contributed by atoms with Crippen LogP contribution < -0.4 is 77.4 Å². The minimum atomic E-state index is -0.248. The summed E-state index contributed by atoms with van der Waals surface area (Å²) >= 11 is 3.91. The van der Waals surface area contributed by atoms with Crippen molar-refractivity contribution in [3.63, 3.8) is 0 Å². The molecule has 21 rings (SSSR count). The largest absolute Gasteiger partial charge is 0.458 e. The number of anilines is 14. The van der Waals surface area contributed by atoms with E-state index in [4.69, 9.17) is 4.74 Å². The van der Waals surface area contributed by atoms with E-state index in [1.54, 1.807) is 0 Å². The number of thiophene rings is 2. The van der Waals surface area contributed by atoms with Crippen LogP contribution in [0.4, 0.5) is 79.6 Å². The SMILES string of the molecule is Cc1cc(C)c(-c2cc3c4c(c2)N(c2ccccc2)c2c(sc5ccccc25)B4c2cc4c(cc2N3)N(c2c(C)cc(C)cc2C)c2cc(C)cc3c2B4c2cc4c(cc2O3)N(c2c(C)cc(C)cc2C)c2cc(-c3c(C)cc(C)cc3C)cc3c2B4c2sc4ccccc4c2N3c2ccccc2)c(C)c1. The number of hydrogen-bond donors (Lipinski definition) is 1. The van der Waals surface area contributed by atoms with Gasteiger partial charge in [-0.25, -0.2) is 0 Å². The van der Waals surface area contributed by atoms with E-state index in [2.05, 4.69) is 333 Å². The number of nitrogens with one attached hydrogen (secondary N) is 1. The molecule has 0 amide bonds. The summed E-state index contributed by atoms with van der Waals surface area (Å²) in [5.41, 5.74) is 46.4. The number of para-hydroxylation sites is 2. The van der Waals surface area contributed by atoms with Crippen LogP contribution >= 0.6 is 22.7 Å². The highest BCUT2D eigenvalue weighted by Gasteiger charge is 2.52. The first-order valence-corrected chi connectivity index (χ1v) is 39.0. The molecule has 0 unspecified atom stereocenters. The number of aryl methyl sites for hydroxylation is 13. The summed E-state index contributed by atoms with van der Waals surface area (Å²) in [5, 5.41) is 6.86. The third-order valence-corrected chi connectivity index (χ3v) is 26.3. The fourth-order valence-electron chi connectivity index (χ4n) is 20.4. The Balaban J connectivity index is 0.872. The summed E-state index contributed by atoms with van der Waals surface area (Å²) in [7, 11) is 0. The van der Waals surface area contributed by atoms with E-state index in [-0.39, 0.29) is 20.1 Å². The van der Waals surface area contributed by atoms with E-state index in [1.165, 1.54) is 202 Å². The fourth-order valence-corrected chi connectivity index (χ4v) is 23.0. The molecule has 6 nitrogen and oxygen atoms in total. The summed E-state index contributed by atoms with van der Waals surface area (Å²) in [6, 6.07) is 84.7. The highest BCUT2D eigenvalue weighted by Crippen LogP contribution is 2.54. The molecule has 13 aromatic carbocycles. The number of ether oxygens (including phenoxy) is 1. The molecule has 6 aliphatic heterocycles. The Bertz CT molecular complexity index is 6360. The second-order valence-corrected chi connectivity index (χ2v) is 33.4. The van der Waals surface area contributed by atoms with Crippen molar-refractivity contribution < 1.29 is 4.74 Å². The van der Waals surface area contributed by atoms with Gasteiger partial charge in [0.1, 0.15) is 11.5 Å². The van der Waals surface area contributed by atoms with E-state index in [1.807, 2.05) is 22.7 Å². The molecule has 0 spiro atoms. The molecule has 6 aliphatic rings. The molecule has 508 valence electrons. The van der Waals surface area contributed by atoms with Crippen molar-refractivity contribution in [1.82, 2.24) is 0 Å². The van der Waals surface area contributed by atoms with E-state index in [9.17, 15) is 0 Å². The van der Waals surface area contributed by atoms with Crippen LogP contribution in [0.25, 0.3) is 42.4 Å². The van der Waals surface area contributed by atoms with Crippen LogP contribution in [-0.4, -0.2) is 20.1 Å². The molecule has 0 aliphatic carbocycles. The van der Waals surface area contributed by atoms with Crippen LogP contribution in [0.1, 0.15) is 72.3 Å². The third-order valence-electron chi connectivity index (χ3n) is 23.8. The lowest BCUT2D eigenvalue weighted by Gasteiger charge is -2.46. The number of fused-ring (bicyclic) bond motifs is 16. The Kier molecular flexibility index (Phi) is 13.7. The molecule has 8 heterocycles. The van der Waals surface area contributed by atoms with Crippen LogP contribution in [0, 0.1) is 90.0 Å². The van der Waals surface area contributed by atoms with Crippen LogP contribution in [0.3, 0.4) is 0 Å². The Hall–Kier alpha value is -11.2. The summed E-state index contributed by atoms with van der Waals surface area (Å²) in [6.07, 6.45) is 0. The molecule has 0 saturated carbocycles. The second-order valence-electron chi connectivity index (χ2n) is 31.2. The zero-order valence-corrected chi connectivity index (χ0v) is 63.7. The number of rotatable bonds is 6. The van der Waals surface area contributed by atoms with Gasteiger partial charge in [-0.2, -0.15) is 0 Å². The quantitative estimate of drug-likeness (QED) is 0.167. The van der Waals surface area contributed by atoms with Crippen molar-refractivity contribution in [1.29, 1.82) is 0 Å². The van der Waals surface area contributed by atoms with Crippen LogP contribution in [0.2, 0.25) is 0 Å². The smallest absolute Gasteiger partial charge is 0.264 e. The Morgan fingerprint density at radius 3 is 1.22 bits per heavy atom. The van der Waals surface area contributed by atoms with Crippen LogP contribution in [-0.2, 0) is 0 Å². The minimum absolute atomic E-state index is 0.116. The lowest BCUT2D eigenvalue weighted by atomic mass is 9.30. The standard InChI is InChI=1S/C95H76B3N5OS2/c1-50-32-55(6)85(56(7)33-50)63-42-74-87-78(43-63)100(65-24-16-14-17-25-65)92-67-28-20-22-30-83(67)105-94(92)97(87)69-46-70-75(48-73(69)99-74)102(90-59(10)36-52(3)37-60(90)11)77-40-54(5)41-82-89(77)96(70)72-47-71-76(49-81(72)104-82)103(91-61(12)38-53(4)39-62(91)13)80-45-64(86-57(8)34-51(2)35-58(86)9)44-79-88(80)98(71)95-93(68-29-21-23-31-84(68)106-95)101(79)66-26-18-15-19-27-66/h14-49,99H,1-13H3. The number of nitrogens with zero attached hydrogens (tertiary/aromatic N) is 4. The Morgan fingerprint density at radius 2 is 0.698 bits per heavy atom. The molecule has 15 aromatic rings. The zero-order chi connectivity index (χ0) is 71.9. The van der Waals surface area contributed by atoms with E-state index in [0.717, 1.165) is 51.2 Å². The lowest BCUT2D eigenvalue weighted by Crippen LogP contribution is -2.65. The van der Waals surface area contributed by atoms with Crippen molar-refractivity contribution in [3.8, 4) is 33.8 Å². The Labute approximate surface area is 630 Å². The van der Waals surface area contributed by atoms with Gasteiger partial charge in [0.05, 0.1) is 22.7 Å². The maximum Gasteiger partial charge on any atom is 0.264 e. The first-order chi connectivity index (χ1) is 51.4. The molecule has 106 heavy (non-hydrogen) atoms. The van der Waals surface area contributed by atoms with Gasteiger partial charge in [0.2, 0.25) is 0 Å². The topological polar surface area (TPSA) is 34.2 Å². The monoisotopic (exact) mass is 1400 g/mol. The lowest BCUT2D eigenvalue weighted by molar-refractivity contribution is 0.487. The van der Waals surface area contributed by atoms with E-state index in [0.29, 0.717) is 0 Å². The first kappa shape index (κ1) is 63.3. The molecule has 11 heteroatoms. The first-order valence-electron chi connectivity index (χ1n) is 37.4. The fraction of sp³-hybridized carbons (Fsp3) is 0.137. The molecule has 1 N–H and O–H groups in total. The molecule has 0 bridgehead atoms. The van der Waals surface area contributed by atoms with Crippen LogP contribution in [0.15, 0.2) is 218 Å². The predicted molar refractivity (Wildman–Crippen MR) is 459 cm³/mol. The van der Waals surface area contributed by atoms with Gasteiger partial charge >= 0.3 is 0 Å². The normalized spacial score (nSPS) is 13.7. The molecular formula is C95H76B3N5OS2. The maximum absolute atomic E-state index is 7.89. The second kappa shape index (κ2) is 22.9. The molecule has 0 saturated heterocycles. The van der Waals surface area contributed by atoms with E-state index < -0.39 is 0 Å². The van der Waals surface area contributed by atoms with Crippen molar-refractivity contribution >= 4 is 190 Å². The third kappa shape index (κ3) is 8.99. The highest BCUT2D eigenvalue weighted by molar-refractivity contribution is 7.34. The average molecular weight is 1400 g/mol. The number of benzene rings is 13. The highest BCUT2D eigenvalue weighted by atomic mass is 32.1. The van der Waals surface area contributed by atoms with Crippen molar-refractivity contribution in [2.24, 2.45) is 0 Å². The molecule has 0 fully saturated rings. The summed E-state index contributed by atoms with van der Waals surface area (Å²) in [4.78, 5) is 10.5. The van der Waals surface area contributed by atoms with Gasteiger partial charge in [-0.05, 0) is 279 Å². The van der Waals surface area contributed by atoms with Crippen LogP contribution in [0.5, 0.6) is 11.5 Å². The van der Waals surface area contributed by atoms with Gasteiger partial charge in [-0.1, -0.05) is 156 Å². The van der Waals surface area contributed by atoms with E-state index >= 15 is 0 Å². The van der Waals surface area contributed by atoms with Crippen molar-refractivity contribution in [2.75, 3.05) is 24.9 Å². The molecule has 0 atom stereocenters. The van der Waals surface area contributed by atoms with Crippen molar-refractivity contribution in [3.05, 3.63) is 291 Å². The van der Waals surface area contributed by atoms with Gasteiger partial charge in [0.15, 0.2) is 0 Å². The average Bonchev–Trinajstić information content (AvgIpc) is 1.01. The Morgan fingerprint density at radius 1 is 0.292 bits per heavy atom. The maximum atomic E-state index is 7.89. The van der Waals surface area contributed by atoms with Crippen molar-refractivity contribution in [2.45, 2.75) is 90.0 Å². The van der Waals surface area contributed by atoms with Gasteiger partial charge < -0.3 is 29.7 Å². The van der Waals surface area contributed by atoms with Gasteiger partial charge in [0, 0.05) is 92.7 Å². The molecule has 0 radical (unpaired) electrons. The number of hydrogen-bond acceptors (Lipinski definition) is 8. The van der Waals surface area contributed by atoms with Gasteiger partial charge in [-0.3, -0.25) is 0 Å². The summed E-state index contributed by atoms with van der Waals surface area (Å²) in [6.45, 7) is 29.1. The summed E-state index contributed by atoms with van der Waals surface area (Å²) in [5.74, 6) is 1.78. The predicted octanol–water partition coefficient (Wildman–Crippen LogP) is 20.3. The van der Waals surface area contributed by atoms with Gasteiger partial charge in [-0.15, -0.1) is 22.7 Å². The molecular weight excluding hydrogens is 1320 g/mol.